The number of aliphatic hydroxyl groups excluding tert-OH is 1. The van der Waals surface area contributed by atoms with E-state index in [2.05, 4.69) is 20.6 Å². The van der Waals surface area contributed by atoms with Crippen LogP contribution in [-0.2, 0) is 6.42 Å². The molecule has 7 heteroatoms. The third-order valence-corrected chi connectivity index (χ3v) is 2.29. The largest absolute Gasteiger partial charge is 0.385 e. The zero-order chi connectivity index (χ0) is 13.5. The summed E-state index contributed by atoms with van der Waals surface area (Å²) in [7, 11) is 1.72. The topological polar surface area (TPSA) is 70.1 Å². The van der Waals surface area contributed by atoms with Gasteiger partial charge in [0.2, 0.25) is 0 Å². The highest BCUT2D eigenvalue weighted by Gasteiger charge is 2.16. The standard InChI is InChI=1S/C11H18F2N4O/c1-3-4-8-16-9(14-2)5-10(17-8)15-6-7(18)11(12)13/h5,7,11,18H,3-4,6H2,1-2H3,(H2,14,15,16,17). The Kier molecular flexibility index (Phi) is 5.70. The lowest BCUT2D eigenvalue weighted by Crippen LogP contribution is -2.27. The van der Waals surface area contributed by atoms with E-state index < -0.39 is 12.5 Å². The number of aryl methyl sites for hydroxylation is 1. The minimum atomic E-state index is -2.77. The van der Waals surface area contributed by atoms with Crippen LogP contribution in [0.3, 0.4) is 0 Å². The summed E-state index contributed by atoms with van der Waals surface area (Å²) in [6.07, 6.45) is -2.86. The molecule has 0 fully saturated rings. The second-order valence-electron chi connectivity index (χ2n) is 3.84. The van der Waals surface area contributed by atoms with Gasteiger partial charge in [0.15, 0.2) is 0 Å². The van der Waals surface area contributed by atoms with E-state index in [4.69, 9.17) is 5.11 Å². The average Bonchev–Trinajstić information content (AvgIpc) is 2.35. The van der Waals surface area contributed by atoms with Gasteiger partial charge in [-0.25, -0.2) is 18.7 Å². The number of hydrogen-bond donors (Lipinski definition) is 3. The summed E-state index contributed by atoms with van der Waals surface area (Å²) < 4.78 is 24.3. The number of halogens is 2. The summed E-state index contributed by atoms with van der Waals surface area (Å²) in [6, 6.07) is 1.61. The molecule has 1 unspecified atom stereocenters. The molecular formula is C11H18F2N4O. The molecule has 3 N–H and O–H groups in total. The van der Waals surface area contributed by atoms with E-state index in [0.717, 1.165) is 6.42 Å². The highest BCUT2D eigenvalue weighted by atomic mass is 19.3. The first-order valence-electron chi connectivity index (χ1n) is 5.82. The van der Waals surface area contributed by atoms with Crippen LogP contribution in [0.5, 0.6) is 0 Å². The number of aromatic nitrogens is 2. The lowest BCUT2D eigenvalue weighted by Gasteiger charge is -2.12. The molecule has 1 heterocycles. The van der Waals surface area contributed by atoms with Crippen molar-refractivity contribution in [2.24, 2.45) is 0 Å². The predicted molar refractivity (Wildman–Crippen MR) is 66.1 cm³/mol. The second kappa shape index (κ2) is 7.05. The van der Waals surface area contributed by atoms with Gasteiger partial charge in [0, 0.05) is 26.1 Å². The number of nitrogens with one attached hydrogen (secondary N) is 2. The van der Waals surface area contributed by atoms with Gasteiger partial charge in [-0.2, -0.15) is 0 Å². The van der Waals surface area contributed by atoms with E-state index in [0.29, 0.717) is 23.9 Å². The Bertz CT molecular complexity index is 376. The Balaban J connectivity index is 2.71. The number of nitrogens with zero attached hydrogens (tertiary/aromatic N) is 2. The number of rotatable bonds is 7. The van der Waals surface area contributed by atoms with Crippen molar-refractivity contribution in [2.45, 2.75) is 32.3 Å². The number of anilines is 2. The van der Waals surface area contributed by atoms with E-state index in [1.807, 2.05) is 6.92 Å². The monoisotopic (exact) mass is 260 g/mol. The third kappa shape index (κ3) is 4.40. The Hall–Kier alpha value is -1.50. The minimum Gasteiger partial charge on any atom is -0.385 e. The number of alkyl halides is 2. The molecular weight excluding hydrogens is 242 g/mol. The van der Waals surface area contributed by atoms with Crippen molar-refractivity contribution in [1.82, 2.24) is 9.97 Å². The lowest BCUT2D eigenvalue weighted by molar-refractivity contribution is 0.00380. The van der Waals surface area contributed by atoms with E-state index in [-0.39, 0.29) is 6.54 Å². The average molecular weight is 260 g/mol. The van der Waals surface area contributed by atoms with Gasteiger partial charge in [-0.05, 0) is 6.42 Å². The van der Waals surface area contributed by atoms with Crippen LogP contribution < -0.4 is 10.6 Å². The Labute approximate surface area is 105 Å². The van der Waals surface area contributed by atoms with Crippen LogP contribution in [0.25, 0.3) is 0 Å². The van der Waals surface area contributed by atoms with Crippen molar-refractivity contribution >= 4 is 11.6 Å². The van der Waals surface area contributed by atoms with Crippen molar-refractivity contribution in [3.05, 3.63) is 11.9 Å². The van der Waals surface area contributed by atoms with Gasteiger partial charge in [0.1, 0.15) is 23.6 Å². The van der Waals surface area contributed by atoms with E-state index >= 15 is 0 Å². The zero-order valence-corrected chi connectivity index (χ0v) is 10.5. The molecule has 0 amide bonds. The lowest BCUT2D eigenvalue weighted by atomic mass is 10.3. The fourth-order valence-corrected chi connectivity index (χ4v) is 1.35. The van der Waals surface area contributed by atoms with E-state index in [1.165, 1.54) is 0 Å². The minimum absolute atomic E-state index is 0.247. The maximum atomic E-state index is 12.1. The molecule has 0 aromatic carbocycles. The fraction of sp³-hybridized carbons (Fsp3) is 0.636. The van der Waals surface area contributed by atoms with Crippen molar-refractivity contribution in [3.8, 4) is 0 Å². The summed E-state index contributed by atoms with van der Waals surface area (Å²) in [4.78, 5) is 8.42. The van der Waals surface area contributed by atoms with Crippen LogP contribution in [0.15, 0.2) is 6.07 Å². The molecule has 102 valence electrons. The molecule has 0 radical (unpaired) electrons. The van der Waals surface area contributed by atoms with Gasteiger partial charge in [0.05, 0.1) is 0 Å². The zero-order valence-electron chi connectivity index (χ0n) is 10.5. The van der Waals surface area contributed by atoms with Crippen LogP contribution in [0.4, 0.5) is 20.4 Å². The normalized spacial score (nSPS) is 12.6. The molecule has 5 nitrogen and oxygen atoms in total. The second-order valence-corrected chi connectivity index (χ2v) is 3.84. The predicted octanol–water partition coefficient (Wildman–Crippen LogP) is 1.51. The van der Waals surface area contributed by atoms with Crippen molar-refractivity contribution in [2.75, 3.05) is 24.2 Å². The smallest absolute Gasteiger partial charge is 0.265 e. The SMILES string of the molecule is CCCc1nc(NC)cc(NCC(O)C(F)F)n1. The van der Waals surface area contributed by atoms with E-state index in [9.17, 15) is 8.78 Å². The molecule has 0 aliphatic heterocycles. The highest BCUT2D eigenvalue weighted by molar-refractivity contribution is 5.47. The molecule has 18 heavy (non-hydrogen) atoms. The van der Waals surface area contributed by atoms with Crippen LogP contribution in [-0.4, -0.2) is 41.2 Å². The maximum absolute atomic E-state index is 12.1. The van der Waals surface area contributed by atoms with Gasteiger partial charge in [-0.3, -0.25) is 0 Å². The van der Waals surface area contributed by atoms with Crippen LogP contribution >= 0.6 is 0 Å². The molecule has 0 saturated carbocycles. The van der Waals surface area contributed by atoms with E-state index in [1.54, 1.807) is 13.1 Å². The Morgan fingerprint density at radius 3 is 2.56 bits per heavy atom. The molecule has 0 bridgehead atoms. The molecule has 0 saturated heterocycles. The highest BCUT2D eigenvalue weighted by Crippen LogP contribution is 2.12. The van der Waals surface area contributed by atoms with Crippen LogP contribution in [0, 0.1) is 0 Å². The molecule has 0 aliphatic carbocycles. The number of hydrogen-bond acceptors (Lipinski definition) is 5. The van der Waals surface area contributed by atoms with Gasteiger partial charge in [0.25, 0.3) is 6.43 Å². The van der Waals surface area contributed by atoms with Crippen molar-refractivity contribution in [3.63, 3.8) is 0 Å². The van der Waals surface area contributed by atoms with Crippen LogP contribution in [0.2, 0.25) is 0 Å². The first-order valence-corrected chi connectivity index (χ1v) is 5.82. The van der Waals surface area contributed by atoms with Gasteiger partial charge < -0.3 is 15.7 Å². The molecule has 0 aliphatic rings. The number of aliphatic hydroxyl groups is 1. The summed E-state index contributed by atoms with van der Waals surface area (Å²) >= 11 is 0. The third-order valence-electron chi connectivity index (χ3n) is 2.29. The van der Waals surface area contributed by atoms with Gasteiger partial charge in [-0.15, -0.1) is 0 Å². The van der Waals surface area contributed by atoms with Crippen molar-refractivity contribution in [1.29, 1.82) is 0 Å². The Morgan fingerprint density at radius 2 is 2.00 bits per heavy atom. The van der Waals surface area contributed by atoms with Gasteiger partial charge in [-0.1, -0.05) is 6.92 Å². The first kappa shape index (κ1) is 14.6. The van der Waals surface area contributed by atoms with Crippen molar-refractivity contribution < 1.29 is 13.9 Å². The maximum Gasteiger partial charge on any atom is 0.265 e. The first-order chi connectivity index (χ1) is 8.56. The summed E-state index contributed by atoms with van der Waals surface area (Å²) in [5.74, 6) is 1.68. The molecule has 1 aromatic rings. The summed E-state index contributed by atoms with van der Waals surface area (Å²) in [5, 5.41) is 14.6. The molecule has 1 atom stereocenters. The Morgan fingerprint density at radius 1 is 1.33 bits per heavy atom. The fourth-order valence-electron chi connectivity index (χ4n) is 1.35. The molecule has 1 aromatic heterocycles. The summed E-state index contributed by atoms with van der Waals surface area (Å²) in [6.45, 7) is 1.76. The summed E-state index contributed by atoms with van der Waals surface area (Å²) in [5.41, 5.74) is 0. The molecule has 1 rings (SSSR count). The quantitative estimate of drug-likeness (QED) is 0.693. The van der Waals surface area contributed by atoms with Crippen LogP contribution in [0.1, 0.15) is 19.2 Å². The molecule has 0 spiro atoms. The van der Waals surface area contributed by atoms with Gasteiger partial charge >= 0.3 is 0 Å².